The zero-order valence-corrected chi connectivity index (χ0v) is 16.4. The highest BCUT2D eigenvalue weighted by molar-refractivity contribution is 7.20. The van der Waals surface area contributed by atoms with E-state index < -0.39 is 0 Å². The smallest absolute Gasteiger partial charge is 0.223 e. The van der Waals surface area contributed by atoms with Gasteiger partial charge in [0.25, 0.3) is 0 Å². The molecule has 3 aromatic rings. The van der Waals surface area contributed by atoms with Gasteiger partial charge in [0.15, 0.2) is 10.3 Å². The van der Waals surface area contributed by atoms with E-state index in [2.05, 4.69) is 20.6 Å². The number of thiazole rings is 2. The maximum atomic E-state index is 11.2. The highest BCUT2D eigenvalue weighted by Crippen LogP contribution is 2.37. The second kappa shape index (κ2) is 7.71. The van der Waals surface area contributed by atoms with Gasteiger partial charge in [0, 0.05) is 18.4 Å². The molecule has 2 N–H and O–H groups in total. The third-order valence-corrected chi connectivity index (χ3v) is 5.32. The standard InChI is InChI=1S/C17H18N4O3S2/c1-9-15(26-17(18-9)19-10(2)22)13-8-25-16(21-13)20-12-7-11(23-3)5-6-14(12)24-4/h5-8H,1-4H3,(H,20,21)(H,18,19,22). The van der Waals surface area contributed by atoms with Crippen LogP contribution in [-0.2, 0) is 4.79 Å². The van der Waals surface area contributed by atoms with Gasteiger partial charge in [0.05, 0.1) is 36.2 Å². The number of benzene rings is 1. The van der Waals surface area contributed by atoms with Gasteiger partial charge in [-0.2, -0.15) is 0 Å². The number of amides is 1. The second-order valence-electron chi connectivity index (χ2n) is 5.34. The van der Waals surface area contributed by atoms with Gasteiger partial charge in [-0.15, -0.1) is 11.3 Å². The van der Waals surface area contributed by atoms with Crippen molar-refractivity contribution < 1.29 is 14.3 Å². The van der Waals surface area contributed by atoms with E-state index in [9.17, 15) is 4.79 Å². The number of ether oxygens (including phenoxy) is 2. The van der Waals surface area contributed by atoms with Gasteiger partial charge in [-0.3, -0.25) is 4.79 Å². The van der Waals surface area contributed by atoms with Crippen LogP contribution in [0.25, 0.3) is 10.6 Å². The summed E-state index contributed by atoms with van der Waals surface area (Å²) in [6.07, 6.45) is 0. The molecule has 26 heavy (non-hydrogen) atoms. The molecule has 0 aliphatic rings. The fourth-order valence-corrected chi connectivity index (χ4v) is 4.06. The van der Waals surface area contributed by atoms with Crippen LogP contribution in [0, 0.1) is 6.92 Å². The maximum Gasteiger partial charge on any atom is 0.223 e. The second-order valence-corrected chi connectivity index (χ2v) is 7.20. The van der Waals surface area contributed by atoms with E-state index in [0.717, 1.165) is 32.8 Å². The number of carbonyl (C=O) groups excluding carboxylic acids is 1. The minimum atomic E-state index is -0.143. The van der Waals surface area contributed by atoms with Gasteiger partial charge in [-0.1, -0.05) is 11.3 Å². The SMILES string of the molecule is COc1ccc(OC)c(Nc2nc(-c3sc(NC(C)=O)nc3C)cs2)c1. The molecule has 2 heterocycles. The summed E-state index contributed by atoms with van der Waals surface area (Å²) in [4.78, 5) is 21.1. The molecule has 0 aliphatic carbocycles. The first-order valence-electron chi connectivity index (χ1n) is 7.70. The van der Waals surface area contributed by atoms with E-state index in [1.54, 1.807) is 14.2 Å². The monoisotopic (exact) mass is 390 g/mol. The van der Waals surface area contributed by atoms with Crippen molar-refractivity contribution in [3.63, 3.8) is 0 Å². The molecule has 0 atom stereocenters. The first-order valence-corrected chi connectivity index (χ1v) is 9.39. The molecular weight excluding hydrogens is 372 g/mol. The average molecular weight is 390 g/mol. The molecular formula is C17H18N4O3S2. The van der Waals surface area contributed by atoms with Crippen molar-refractivity contribution in [1.29, 1.82) is 0 Å². The van der Waals surface area contributed by atoms with Crippen molar-refractivity contribution in [2.24, 2.45) is 0 Å². The highest BCUT2D eigenvalue weighted by atomic mass is 32.1. The molecule has 1 amide bonds. The average Bonchev–Trinajstić information content (AvgIpc) is 3.20. The normalized spacial score (nSPS) is 10.5. The summed E-state index contributed by atoms with van der Waals surface area (Å²) in [5.74, 6) is 1.28. The Morgan fingerprint density at radius 3 is 2.65 bits per heavy atom. The van der Waals surface area contributed by atoms with Crippen LogP contribution in [0.3, 0.4) is 0 Å². The molecule has 0 fully saturated rings. The van der Waals surface area contributed by atoms with Crippen LogP contribution in [0.2, 0.25) is 0 Å². The lowest BCUT2D eigenvalue weighted by molar-refractivity contribution is -0.114. The summed E-state index contributed by atoms with van der Waals surface area (Å²) < 4.78 is 10.6. The molecule has 1 aromatic carbocycles. The zero-order chi connectivity index (χ0) is 18.7. The van der Waals surface area contributed by atoms with E-state index in [0.29, 0.717) is 10.9 Å². The summed E-state index contributed by atoms with van der Waals surface area (Å²) in [6.45, 7) is 3.36. The lowest BCUT2D eigenvalue weighted by atomic mass is 10.2. The van der Waals surface area contributed by atoms with Crippen LogP contribution in [-0.4, -0.2) is 30.1 Å². The third kappa shape index (κ3) is 3.94. The molecule has 0 aliphatic heterocycles. The van der Waals surface area contributed by atoms with Crippen LogP contribution >= 0.6 is 22.7 Å². The number of aryl methyl sites for hydroxylation is 1. The summed E-state index contributed by atoms with van der Waals surface area (Å²) in [5.41, 5.74) is 2.41. The first-order chi connectivity index (χ1) is 12.5. The van der Waals surface area contributed by atoms with E-state index in [1.165, 1.54) is 29.6 Å². The Bertz CT molecular complexity index is 936. The summed E-state index contributed by atoms with van der Waals surface area (Å²) in [5, 5.41) is 9.22. The summed E-state index contributed by atoms with van der Waals surface area (Å²) in [7, 11) is 3.23. The van der Waals surface area contributed by atoms with Gasteiger partial charge in [-0.05, 0) is 19.1 Å². The number of hydrogen-bond donors (Lipinski definition) is 2. The van der Waals surface area contributed by atoms with Crippen LogP contribution in [0.4, 0.5) is 16.0 Å². The predicted octanol–water partition coefficient (Wildman–Crippen LogP) is 4.29. The minimum absolute atomic E-state index is 0.143. The maximum absolute atomic E-state index is 11.2. The lowest BCUT2D eigenvalue weighted by Crippen LogP contribution is -2.04. The molecule has 0 unspecified atom stereocenters. The quantitative estimate of drug-likeness (QED) is 0.653. The molecule has 0 spiro atoms. The van der Waals surface area contributed by atoms with E-state index in [1.807, 2.05) is 30.5 Å². The zero-order valence-electron chi connectivity index (χ0n) is 14.7. The molecule has 0 radical (unpaired) electrons. The molecule has 0 saturated carbocycles. The molecule has 2 aromatic heterocycles. The van der Waals surface area contributed by atoms with Crippen molar-refractivity contribution in [3.8, 4) is 22.1 Å². The first kappa shape index (κ1) is 18.2. The van der Waals surface area contributed by atoms with Crippen molar-refractivity contribution in [2.45, 2.75) is 13.8 Å². The van der Waals surface area contributed by atoms with E-state index in [4.69, 9.17) is 9.47 Å². The van der Waals surface area contributed by atoms with Crippen LogP contribution in [0.15, 0.2) is 23.6 Å². The van der Waals surface area contributed by atoms with Gasteiger partial charge in [0.1, 0.15) is 11.5 Å². The summed E-state index contributed by atoms with van der Waals surface area (Å²) in [6, 6.07) is 5.52. The Labute approximate surface area is 159 Å². The van der Waals surface area contributed by atoms with E-state index in [-0.39, 0.29) is 5.91 Å². The Hall–Kier alpha value is -2.65. The third-order valence-electron chi connectivity index (χ3n) is 3.46. The predicted molar refractivity (Wildman–Crippen MR) is 105 cm³/mol. The Kier molecular flexibility index (Phi) is 5.38. The highest BCUT2D eigenvalue weighted by Gasteiger charge is 2.15. The number of carbonyl (C=O) groups is 1. The molecule has 3 rings (SSSR count). The minimum Gasteiger partial charge on any atom is -0.497 e. The number of nitrogens with zero attached hydrogens (tertiary/aromatic N) is 2. The van der Waals surface area contributed by atoms with Gasteiger partial charge in [0.2, 0.25) is 5.91 Å². The number of anilines is 3. The number of methoxy groups -OCH3 is 2. The van der Waals surface area contributed by atoms with Gasteiger partial charge in [-0.25, -0.2) is 9.97 Å². The molecule has 0 bridgehead atoms. The fourth-order valence-electron chi connectivity index (χ4n) is 2.30. The number of rotatable bonds is 6. The topological polar surface area (TPSA) is 85.4 Å². The molecule has 9 heteroatoms. The van der Waals surface area contributed by atoms with E-state index >= 15 is 0 Å². The largest absolute Gasteiger partial charge is 0.497 e. The Morgan fingerprint density at radius 2 is 1.96 bits per heavy atom. The summed E-state index contributed by atoms with van der Waals surface area (Å²) >= 11 is 2.88. The number of aromatic nitrogens is 2. The van der Waals surface area contributed by atoms with Crippen LogP contribution < -0.4 is 20.1 Å². The fraction of sp³-hybridized carbons (Fsp3) is 0.235. The van der Waals surface area contributed by atoms with Gasteiger partial charge >= 0.3 is 0 Å². The number of hydrogen-bond acceptors (Lipinski definition) is 8. The van der Waals surface area contributed by atoms with Crippen molar-refractivity contribution >= 4 is 44.5 Å². The van der Waals surface area contributed by atoms with Gasteiger partial charge < -0.3 is 20.1 Å². The number of nitrogens with one attached hydrogen (secondary N) is 2. The Balaban J connectivity index is 1.85. The van der Waals surface area contributed by atoms with Crippen LogP contribution in [0.1, 0.15) is 12.6 Å². The molecule has 7 nitrogen and oxygen atoms in total. The Morgan fingerprint density at radius 1 is 1.15 bits per heavy atom. The van der Waals surface area contributed by atoms with Crippen LogP contribution in [0.5, 0.6) is 11.5 Å². The molecule has 136 valence electrons. The van der Waals surface area contributed by atoms with Crippen molar-refractivity contribution in [1.82, 2.24) is 9.97 Å². The van der Waals surface area contributed by atoms with Crippen molar-refractivity contribution in [2.75, 3.05) is 24.9 Å². The van der Waals surface area contributed by atoms with Crippen molar-refractivity contribution in [3.05, 3.63) is 29.3 Å². The lowest BCUT2D eigenvalue weighted by Gasteiger charge is -2.10. The molecule has 0 saturated heterocycles.